The summed E-state index contributed by atoms with van der Waals surface area (Å²) in [7, 11) is 0. The largest absolute Gasteiger partial charge is 0.489 e. The van der Waals surface area contributed by atoms with Crippen LogP contribution < -0.4 is 4.74 Å². The molecule has 5 nitrogen and oxygen atoms in total. The number of benzene rings is 2. The third kappa shape index (κ3) is 4.32. The van der Waals surface area contributed by atoms with Gasteiger partial charge in [0, 0.05) is 30.1 Å². The average molecular weight is 378 g/mol. The van der Waals surface area contributed by atoms with Gasteiger partial charge in [-0.3, -0.25) is 9.59 Å². The molecule has 136 valence electrons. The van der Waals surface area contributed by atoms with Crippen molar-refractivity contribution in [2.45, 2.75) is 19.6 Å². The first kappa shape index (κ1) is 18.2. The van der Waals surface area contributed by atoms with Gasteiger partial charge in [-0.15, -0.1) is 0 Å². The number of amides is 1. The Hall–Kier alpha value is -2.60. The predicted octanol–water partition coefficient (Wildman–Crippen LogP) is 3.49. The first-order valence-electron chi connectivity index (χ1n) is 8.08. The van der Waals surface area contributed by atoms with Gasteiger partial charge in [0.2, 0.25) is 5.91 Å². The summed E-state index contributed by atoms with van der Waals surface area (Å²) in [5.74, 6) is -1.64. The quantitative estimate of drug-likeness (QED) is 0.836. The highest BCUT2D eigenvalue weighted by Crippen LogP contribution is 2.28. The van der Waals surface area contributed by atoms with Gasteiger partial charge in [-0.25, -0.2) is 4.39 Å². The fourth-order valence-corrected chi connectivity index (χ4v) is 3.04. The Balaban J connectivity index is 1.72. The minimum Gasteiger partial charge on any atom is -0.489 e. The fraction of sp³-hybridized carbons (Fsp3) is 0.263. The third-order valence-corrected chi connectivity index (χ3v) is 4.49. The van der Waals surface area contributed by atoms with Gasteiger partial charge in [0.15, 0.2) is 0 Å². The van der Waals surface area contributed by atoms with E-state index in [-0.39, 0.29) is 37.8 Å². The molecule has 0 saturated carbocycles. The molecule has 2 aromatic carbocycles. The molecule has 0 radical (unpaired) electrons. The van der Waals surface area contributed by atoms with Crippen molar-refractivity contribution < 1.29 is 23.8 Å². The van der Waals surface area contributed by atoms with Crippen LogP contribution in [0.3, 0.4) is 0 Å². The van der Waals surface area contributed by atoms with Crippen LogP contribution in [0, 0.1) is 11.7 Å². The van der Waals surface area contributed by atoms with E-state index in [1.54, 1.807) is 30.3 Å². The maximum absolute atomic E-state index is 13.0. The highest BCUT2D eigenvalue weighted by molar-refractivity contribution is 6.30. The van der Waals surface area contributed by atoms with Crippen molar-refractivity contribution >= 4 is 23.5 Å². The van der Waals surface area contributed by atoms with Crippen molar-refractivity contribution in [3.8, 4) is 5.75 Å². The monoisotopic (exact) mass is 377 g/mol. The molecule has 0 aliphatic carbocycles. The van der Waals surface area contributed by atoms with Gasteiger partial charge in [0.25, 0.3) is 0 Å². The Labute approximate surface area is 154 Å². The van der Waals surface area contributed by atoms with E-state index in [1.807, 2.05) is 0 Å². The standard InChI is InChI=1S/C19H17ClFNO4/c20-15-3-6-17(26-11-12-1-4-16(21)5-2-12)13(7-15)9-22-10-14(19(24)25)8-18(22)23/h1-7,14H,8-11H2,(H,24,25). The number of likely N-dealkylation sites (tertiary alicyclic amines) is 1. The van der Waals surface area contributed by atoms with Crippen molar-refractivity contribution in [2.75, 3.05) is 6.54 Å². The zero-order valence-corrected chi connectivity index (χ0v) is 14.6. The van der Waals surface area contributed by atoms with Crippen LogP contribution in [0.25, 0.3) is 0 Å². The SMILES string of the molecule is O=C(O)C1CC(=O)N(Cc2cc(Cl)ccc2OCc2ccc(F)cc2)C1. The number of halogens is 2. The molecule has 3 rings (SSSR count). The summed E-state index contributed by atoms with van der Waals surface area (Å²) in [6.07, 6.45) is 0.00166. The number of hydrogen-bond donors (Lipinski definition) is 1. The summed E-state index contributed by atoms with van der Waals surface area (Å²) < 4.78 is 18.8. The summed E-state index contributed by atoms with van der Waals surface area (Å²) in [6, 6.07) is 11.1. The molecule has 1 atom stereocenters. The first-order chi connectivity index (χ1) is 12.4. The average Bonchev–Trinajstić information content (AvgIpc) is 2.97. The molecular weight excluding hydrogens is 361 g/mol. The lowest BCUT2D eigenvalue weighted by Gasteiger charge is -2.19. The Bertz CT molecular complexity index is 825. The first-order valence-corrected chi connectivity index (χ1v) is 8.46. The molecular formula is C19H17ClFNO4. The molecule has 26 heavy (non-hydrogen) atoms. The fourth-order valence-electron chi connectivity index (χ4n) is 2.85. The van der Waals surface area contributed by atoms with Crippen molar-refractivity contribution in [1.29, 1.82) is 0 Å². The van der Waals surface area contributed by atoms with E-state index in [0.717, 1.165) is 5.56 Å². The molecule has 1 N–H and O–H groups in total. The van der Waals surface area contributed by atoms with Gasteiger partial charge >= 0.3 is 5.97 Å². The second kappa shape index (κ2) is 7.74. The van der Waals surface area contributed by atoms with Crippen molar-refractivity contribution in [2.24, 2.45) is 5.92 Å². The van der Waals surface area contributed by atoms with Crippen LogP contribution in [0.1, 0.15) is 17.5 Å². The van der Waals surface area contributed by atoms with Gasteiger partial charge in [-0.2, -0.15) is 0 Å². The highest BCUT2D eigenvalue weighted by atomic mass is 35.5. The summed E-state index contributed by atoms with van der Waals surface area (Å²) in [5, 5.41) is 9.59. The Kier molecular flexibility index (Phi) is 5.42. The molecule has 0 aromatic heterocycles. The number of hydrogen-bond acceptors (Lipinski definition) is 3. The number of aliphatic carboxylic acids is 1. The predicted molar refractivity (Wildman–Crippen MR) is 93.3 cm³/mol. The molecule has 1 heterocycles. The molecule has 1 amide bonds. The molecule has 1 aliphatic rings. The summed E-state index contributed by atoms with van der Waals surface area (Å²) in [4.78, 5) is 24.6. The molecule has 0 spiro atoms. The number of ether oxygens (including phenoxy) is 1. The highest BCUT2D eigenvalue weighted by Gasteiger charge is 2.34. The number of nitrogens with zero attached hydrogens (tertiary/aromatic N) is 1. The molecule has 1 saturated heterocycles. The maximum atomic E-state index is 13.0. The second-order valence-electron chi connectivity index (χ2n) is 6.18. The van der Waals surface area contributed by atoms with E-state index in [1.165, 1.54) is 17.0 Å². The second-order valence-corrected chi connectivity index (χ2v) is 6.62. The molecule has 0 bridgehead atoms. The van der Waals surface area contributed by atoms with E-state index < -0.39 is 11.9 Å². The van der Waals surface area contributed by atoms with Gasteiger partial charge in [0.1, 0.15) is 18.2 Å². The Morgan fingerprint density at radius 2 is 2.00 bits per heavy atom. The summed E-state index contributed by atoms with van der Waals surface area (Å²) in [6.45, 7) is 0.626. The number of carbonyl (C=O) groups excluding carboxylic acids is 1. The van der Waals surface area contributed by atoms with E-state index in [0.29, 0.717) is 16.3 Å². The number of rotatable bonds is 6. The Morgan fingerprint density at radius 1 is 1.27 bits per heavy atom. The van der Waals surface area contributed by atoms with Crippen LogP contribution in [0.15, 0.2) is 42.5 Å². The van der Waals surface area contributed by atoms with Crippen LogP contribution in [0.5, 0.6) is 5.75 Å². The summed E-state index contributed by atoms with van der Waals surface area (Å²) in [5.41, 5.74) is 1.49. The van der Waals surface area contributed by atoms with E-state index in [2.05, 4.69) is 0 Å². The molecule has 2 aromatic rings. The van der Waals surface area contributed by atoms with Crippen LogP contribution in [-0.4, -0.2) is 28.4 Å². The molecule has 1 aliphatic heterocycles. The number of carboxylic acids is 1. The van der Waals surface area contributed by atoms with Gasteiger partial charge in [0.05, 0.1) is 5.92 Å². The van der Waals surface area contributed by atoms with E-state index in [9.17, 15) is 14.0 Å². The lowest BCUT2D eigenvalue weighted by Crippen LogP contribution is -2.26. The topological polar surface area (TPSA) is 66.8 Å². The summed E-state index contributed by atoms with van der Waals surface area (Å²) >= 11 is 6.06. The van der Waals surface area contributed by atoms with Gasteiger partial charge in [-0.1, -0.05) is 23.7 Å². The lowest BCUT2D eigenvalue weighted by molar-refractivity contribution is -0.141. The maximum Gasteiger partial charge on any atom is 0.308 e. The van der Waals surface area contributed by atoms with Crippen molar-refractivity contribution in [1.82, 2.24) is 4.90 Å². The Morgan fingerprint density at radius 3 is 2.65 bits per heavy atom. The van der Waals surface area contributed by atoms with Crippen LogP contribution in [0.4, 0.5) is 4.39 Å². The molecule has 7 heteroatoms. The van der Waals surface area contributed by atoms with E-state index >= 15 is 0 Å². The van der Waals surface area contributed by atoms with E-state index in [4.69, 9.17) is 21.4 Å². The zero-order chi connectivity index (χ0) is 18.7. The van der Waals surface area contributed by atoms with Crippen LogP contribution in [-0.2, 0) is 22.7 Å². The molecule has 1 fully saturated rings. The van der Waals surface area contributed by atoms with Crippen LogP contribution in [0.2, 0.25) is 5.02 Å². The zero-order valence-electron chi connectivity index (χ0n) is 13.8. The lowest BCUT2D eigenvalue weighted by atomic mass is 10.1. The smallest absolute Gasteiger partial charge is 0.308 e. The number of carboxylic acid groups (broad SMARTS) is 1. The van der Waals surface area contributed by atoms with Crippen molar-refractivity contribution in [3.63, 3.8) is 0 Å². The molecule has 1 unspecified atom stereocenters. The third-order valence-electron chi connectivity index (χ3n) is 4.26. The normalized spacial score (nSPS) is 16.8. The minimum atomic E-state index is -0.972. The van der Waals surface area contributed by atoms with Gasteiger partial charge < -0.3 is 14.7 Å². The van der Waals surface area contributed by atoms with Gasteiger partial charge in [-0.05, 0) is 35.9 Å². The minimum absolute atomic E-state index is 0.00166. The van der Waals surface area contributed by atoms with Crippen molar-refractivity contribution in [3.05, 3.63) is 64.4 Å². The number of carbonyl (C=O) groups is 2. The van der Waals surface area contributed by atoms with Crippen LogP contribution >= 0.6 is 11.6 Å².